The molecule has 5 rings (SSSR count). The van der Waals surface area contributed by atoms with Crippen molar-refractivity contribution in [3.8, 4) is 5.75 Å². The minimum Gasteiger partial charge on any atom is -0.497 e. The van der Waals surface area contributed by atoms with Crippen LogP contribution in [-0.4, -0.2) is 40.1 Å². The lowest BCUT2D eigenvalue weighted by Gasteiger charge is -2.23. The molecule has 1 N–H and O–H groups in total. The van der Waals surface area contributed by atoms with Crippen molar-refractivity contribution >= 4 is 51.7 Å². The van der Waals surface area contributed by atoms with Gasteiger partial charge in [-0.2, -0.15) is 10.1 Å². The number of carbonyl (C=O) groups excluding carboxylic acids is 2. The maximum atomic E-state index is 12.8. The minimum absolute atomic E-state index is 0.00438. The number of nitrogens with zero attached hydrogens (tertiary/aromatic N) is 3. The summed E-state index contributed by atoms with van der Waals surface area (Å²) < 4.78 is 5.21. The number of hydrogen-bond acceptors (Lipinski definition) is 6. The van der Waals surface area contributed by atoms with Crippen LogP contribution in [0.1, 0.15) is 35.6 Å². The summed E-state index contributed by atoms with van der Waals surface area (Å²) in [7, 11) is 1.57. The van der Waals surface area contributed by atoms with Crippen molar-refractivity contribution < 1.29 is 14.3 Å². The Kier molecular flexibility index (Phi) is 7.30. The minimum atomic E-state index is -0.617. The molecule has 2 aliphatic rings. The van der Waals surface area contributed by atoms with Gasteiger partial charge >= 0.3 is 0 Å². The highest BCUT2D eigenvalue weighted by Crippen LogP contribution is 2.39. The maximum absolute atomic E-state index is 12.8. The van der Waals surface area contributed by atoms with Crippen LogP contribution >= 0.6 is 23.4 Å². The normalized spacial score (nSPS) is 19.0. The molecule has 2 aliphatic heterocycles. The van der Waals surface area contributed by atoms with E-state index in [4.69, 9.17) is 21.4 Å². The van der Waals surface area contributed by atoms with E-state index in [1.165, 1.54) is 11.8 Å². The van der Waals surface area contributed by atoms with Crippen molar-refractivity contribution in [3.63, 3.8) is 0 Å². The largest absolute Gasteiger partial charge is 0.497 e. The fourth-order valence-corrected chi connectivity index (χ4v) is 5.51. The van der Waals surface area contributed by atoms with Gasteiger partial charge in [0.25, 0.3) is 5.91 Å². The van der Waals surface area contributed by atoms with Gasteiger partial charge in [0.1, 0.15) is 11.0 Å². The van der Waals surface area contributed by atoms with Gasteiger partial charge in [-0.15, -0.1) is 0 Å². The molecule has 0 unspecified atom stereocenters. The molecule has 7 nitrogen and oxygen atoms in total. The number of amidine groups is 1. The summed E-state index contributed by atoms with van der Waals surface area (Å²) in [4.78, 5) is 29.8. The Balaban J connectivity index is 1.34. The summed E-state index contributed by atoms with van der Waals surface area (Å²) in [5.74, 6) is 0.0387. The highest BCUT2D eigenvalue weighted by Gasteiger charge is 2.39. The molecule has 188 valence electrons. The summed E-state index contributed by atoms with van der Waals surface area (Å²) in [5.41, 5.74) is 4.69. The zero-order chi connectivity index (χ0) is 25.9. The quantitative estimate of drug-likeness (QED) is 0.431. The Labute approximate surface area is 224 Å². The van der Waals surface area contributed by atoms with Crippen LogP contribution < -0.4 is 10.1 Å². The van der Waals surface area contributed by atoms with E-state index in [1.54, 1.807) is 31.4 Å². The molecule has 2 atom stereocenters. The maximum Gasteiger partial charge on any atom is 0.262 e. The number of rotatable bonds is 6. The monoisotopic (exact) mass is 532 g/mol. The van der Waals surface area contributed by atoms with Gasteiger partial charge in [0.05, 0.1) is 18.9 Å². The average Bonchev–Trinajstić information content (AvgIpc) is 3.48. The Hall–Kier alpha value is -3.62. The Morgan fingerprint density at radius 3 is 2.68 bits per heavy atom. The number of hydrazone groups is 1. The summed E-state index contributed by atoms with van der Waals surface area (Å²) in [6.07, 6.45) is 0.657. The molecule has 0 aromatic heterocycles. The second-order valence-corrected chi connectivity index (χ2v) is 10.5. The number of halogens is 1. The van der Waals surface area contributed by atoms with Gasteiger partial charge in [0.15, 0.2) is 5.17 Å². The summed E-state index contributed by atoms with van der Waals surface area (Å²) >= 11 is 7.36. The first-order valence-electron chi connectivity index (χ1n) is 11.8. The first-order chi connectivity index (χ1) is 17.9. The summed E-state index contributed by atoms with van der Waals surface area (Å²) in [5, 5.41) is 10.1. The predicted octanol–water partition coefficient (Wildman–Crippen LogP) is 5.83. The highest BCUT2D eigenvalue weighted by atomic mass is 35.5. The van der Waals surface area contributed by atoms with Crippen LogP contribution in [-0.2, 0) is 9.59 Å². The fourth-order valence-electron chi connectivity index (χ4n) is 4.33. The SMILES string of the molecule is COc1cccc(NC(=O)C[C@@H]2SC(N3N=C(c4ccc(Cl)cc4)C[C@@H]3c3cccc(C)c3)=NC2=O)c1. The highest BCUT2D eigenvalue weighted by molar-refractivity contribution is 8.15. The molecule has 3 aromatic carbocycles. The summed E-state index contributed by atoms with van der Waals surface area (Å²) in [6.45, 7) is 2.05. The molecule has 0 saturated carbocycles. The molecule has 0 radical (unpaired) electrons. The molecule has 0 bridgehead atoms. The lowest BCUT2D eigenvalue weighted by molar-refractivity contribution is -0.121. The van der Waals surface area contributed by atoms with E-state index in [2.05, 4.69) is 22.4 Å². The third-order valence-electron chi connectivity index (χ3n) is 6.16. The summed E-state index contributed by atoms with van der Waals surface area (Å²) in [6, 6.07) is 22.8. The molecule has 0 saturated heterocycles. The average molecular weight is 533 g/mol. The number of thioether (sulfide) groups is 1. The van der Waals surface area contributed by atoms with Crippen LogP contribution in [0.2, 0.25) is 5.02 Å². The molecular weight excluding hydrogens is 508 g/mol. The third-order valence-corrected chi connectivity index (χ3v) is 7.56. The van der Waals surface area contributed by atoms with Gasteiger partial charge in [0, 0.05) is 29.6 Å². The van der Waals surface area contributed by atoms with E-state index in [-0.39, 0.29) is 24.3 Å². The molecule has 37 heavy (non-hydrogen) atoms. The smallest absolute Gasteiger partial charge is 0.262 e. The molecular formula is C28H25ClN4O3S. The van der Waals surface area contributed by atoms with Crippen molar-refractivity contribution in [2.24, 2.45) is 10.1 Å². The number of ether oxygens (including phenoxy) is 1. The molecule has 2 amide bonds. The van der Waals surface area contributed by atoms with Gasteiger partial charge in [-0.25, -0.2) is 5.01 Å². The number of carbonyl (C=O) groups is 2. The van der Waals surface area contributed by atoms with Gasteiger partial charge in [-0.3, -0.25) is 9.59 Å². The van der Waals surface area contributed by atoms with E-state index in [0.29, 0.717) is 28.0 Å². The van der Waals surface area contributed by atoms with Crippen LogP contribution in [0.15, 0.2) is 82.9 Å². The molecule has 0 aliphatic carbocycles. The van der Waals surface area contributed by atoms with Gasteiger partial charge in [0.2, 0.25) is 5.91 Å². The lowest BCUT2D eigenvalue weighted by atomic mass is 9.97. The van der Waals surface area contributed by atoms with Gasteiger partial charge < -0.3 is 10.1 Å². The Morgan fingerprint density at radius 2 is 1.92 bits per heavy atom. The first-order valence-corrected chi connectivity index (χ1v) is 13.1. The zero-order valence-electron chi connectivity index (χ0n) is 20.3. The number of aliphatic imine (C=N–C) groups is 1. The van der Waals surface area contributed by atoms with Crippen LogP contribution in [0.3, 0.4) is 0 Å². The van der Waals surface area contributed by atoms with E-state index < -0.39 is 5.25 Å². The second-order valence-electron chi connectivity index (χ2n) is 8.86. The van der Waals surface area contributed by atoms with Crippen molar-refractivity contribution in [1.29, 1.82) is 0 Å². The van der Waals surface area contributed by atoms with Crippen molar-refractivity contribution in [2.75, 3.05) is 12.4 Å². The number of nitrogens with one attached hydrogen (secondary N) is 1. The number of anilines is 1. The number of hydrogen-bond donors (Lipinski definition) is 1. The molecule has 0 spiro atoms. The predicted molar refractivity (Wildman–Crippen MR) is 148 cm³/mol. The lowest BCUT2D eigenvalue weighted by Crippen LogP contribution is -2.25. The Bertz CT molecular complexity index is 1410. The first kappa shape index (κ1) is 25.0. The van der Waals surface area contributed by atoms with Crippen LogP contribution in [0.4, 0.5) is 5.69 Å². The number of benzene rings is 3. The molecule has 2 heterocycles. The number of amides is 2. The van der Waals surface area contributed by atoms with Crippen LogP contribution in [0, 0.1) is 6.92 Å². The van der Waals surface area contributed by atoms with Crippen LogP contribution in [0.5, 0.6) is 5.75 Å². The van der Waals surface area contributed by atoms with Crippen molar-refractivity contribution in [2.45, 2.75) is 31.1 Å². The van der Waals surface area contributed by atoms with E-state index >= 15 is 0 Å². The van der Waals surface area contributed by atoms with E-state index in [0.717, 1.165) is 22.4 Å². The van der Waals surface area contributed by atoms with Crippen molar-refractivity contribution in [3.05, 3.63) is 94.5 Å². The standard InChI is InChI=1S/C28H25ClN4O3S/c1-17-5-3-6-19(13-17)24-15-23(18-9-11-20(29)12-10-18)32-33(24)28-31-27(35)25(37-28)16-26(34)30-21-7-4-8-22(14-21)36-2/h3-14,24-25H,15-16H2,1-2H3,(H,30,34)/t24-,25+/m1/s1. The second kappa shape index (κ2) is 10.8. The van der Waals surface area contributed by atoms with Crippen LogP contribution in [0.25, 0.3) is 0 Å². The van der Waals surface area contributed by atoms with Crippen molar-refractivity contribution in [1.82, 2.24) is 5.01 Å². The number of methoxy groups -OCH3 is 1. The van der Waals surface area contributed by atoms with Gasteiger partial charge in [-0.05, 0) is 42.3 Å². The van der Waals surface area contributed by atoms with E-state index in [1.807, 2.05) is 48.3 Å². The Morgan fingerprint density at radius 1 is 1.14 bits per heavy atom. The molecule has 0 fully saturated rings. The van der Waals surface area contributed by atoms with Gasteiger partial charge in [-0.1, -0.05) is 71.4 Å². The fraction of sp³-hybridized carbons (Fsp3) is 0.214. The third kappa shape index (κ3) is 5.70. The zero-order valence-corrected chi connectivity index (χ0v) is 21.9. The molecule has 3 aromatic rings. The topological polar surface area (TPSA) is 83.4 Å². The van der Waals surface area contributed by atoms with E-state index in [9.17, 15) is 9.59 Å². The molecule has 9 heteroatoms. The number of aryl methyl sites for hydroxylation is 1.